The Morgan fingerprint density at radius 2 is 1.97 bits per heavy atom. The summed E-state index contributed by atoms with van der Waals surface area (Å²) in [5.41, 5.74) is 3.78. The highest BCUT2D eigenvalue weighted by Crippen LogP contribution is 2.28. The summed E-state index contributed by atoms with van der Waals surface area (Å²) in [5.74, 6) is 1.23. The molecule has 2 saturated heterocycles. The highest BCUT2D eigenvalue weighted by atomic mass is 16.5. The van der Waals surface area contributed by atoms with Crippen LogP contribution in [0.25, 0.3) is 0 Å². The van der Waals surface area contributed by atoms with Crippen LogP contribution in [-0.2, 0) is 9.53 Å². The highest BCUT2D eigenvalue weighted by Gasteiger charge is 2.33. The Balaban J connectivity index is 1.43. The van der Waals surface area contributed by atoms with Gasteiger partial charge in [0.1, 0.15) is 11.9 Å². The lowest BCUT2D eigenvalue weighted by Crippen LogP contribution is -2.48. The number of morpholine rings is 1. The molecule has 4 rings (SSSR count). The molecule has 0 aromatic carbocycles. The van der Waals surface area contributed by atoms with Gasteiger partial charge in [0.15, 0.2) is 0 Å². The van der Waals surface area contributed by atoms with Gasteiger partial charge >= 0.3 is 0 Å². The van der Waals surface area contributed by atoms with Crippen LogP contribution < -0.4 is 5.32 Å². The fourth-order valence-corrected chi connectivity index (χ4v) is 4.63. The molecule has 0 radical (unpaired) electrons. The molecule has 2 aromatic heterocycles. The first-order valence-electron chi connectivity index (χ1n) is 11.7. The van der Waals surface area contributed by atoms with Gasteiger partial charge in [-0.3, -0.25) is 9.78 Å². The molecule has 32 heavy (non-hydrogen) atoms. The van der Waals surface area contributed by atoms with Crippen molar-refractivity contribution < 1.29 is 9.53 Å². The number of carbonyl (C=O) groups is 1. The molecule has 0 unspecified atom stereocenters. The summed E-state index contributed by atoms with van der Waals surface area (Å²) in [5, 5.41) is 3.40. The van der Waals surface area contributed by atoms with Gasteiger partial charge in [-0.25, -0.2) is 4.98 Å². The number of hydrogen-bond acceptors (Lipinski definition) is 6. The summed E-state index contributed by atoms with van der Waals surface area (Å²) >= 11 is 0. The Kier molecular flexibility index (Phi) is 7.06. The SMILES string of the molecule is Cc1cc(Nc2ncccc2C)cc([C@H]2CN(C(=O)C3CCN(C(C)C)CC3)CCO2)n1. The van der Waals surface area contributed by atoms with E-state index in [1.165, 1.54) is 0 Å². The van der Waals surface area contributed by atoms with E-state index >= 15 is 0 Å². The molecule has 0 aliphatic carbocycles. The Bertz CT molecular complexity index is 940. The van der Waals surface area contributed by atoms with Crippen molar-refractivity contribution in [3.8, 4) is 0 Å². The molecule has 1 N–H and O–H groups in total. The average Bonchev–Trinajstić information content (AvgIpc) is 2.80. The lowest BCUT2D eigenvalue weighted by atomic mass is 9.94. The monoisotopic (exact) mass is 437 g/mol. The number of hydrogen-bond donors (Lipinski definition) is 1. The molecular weight excluding hydrogens is 402 g/mol. The fraction of sp³-hybridized carbons (Fsp3) is 0.560. The second kappa shape index (κ2) is 9.96. The maximum atomic E-state index is 13.2. The van der Waals surface area contributed by atoms with Gasteiger partial charge in [0.25, 0.3) is 0 Å². The maximum Gasteiger partial charge on any atom is 0.225 e. The van der Waals surface area contributed by atoms with Crippen LogP contribution in [0.2, 0.25) is 0 Å². The van der Waals surface area contributed by atoms with E-state index in [9.17, 15) is 4.79 Å². The fourth-order valence-electron chi connectivity index (χ4n) is 4.63. The average molecular weight is 438 g/mol. The number of aromatic nitrogens is 2. The lowest BCUT2D eigenvalue weighted by molar-refractivity contribution is -0.145. The second-order valence-corrected chi connectivity index (χ2v) is 9.26. The predicted octanol–water partition coefficient (Wildman–Crippen LogP) is 3.86. The van der Waals surface area contributed by atoms with Crippen LogP contribution in [0.3, 0.4) is 0 Å². The number of anilines is 2. The Morgan fingerprint density at radius 1 is 1.19 bits per heavy atom. The van der Waals surface area contributed by atoms with Crippen molar-refractivity contribution in [3.05, 3.63) is 47.4 Å². The van der Waals surface area contributed by atoms with Gasteiger partial charge in [-0.05, 0) is 77.4 Å². The molecule has 2 aromatic rings. The van der Waals surface area contributed by atoms with Crippen molar-refractivity contribution in [2.75, 3.05) is 38.1 Å². The first-order chi connectivity index (χ1) is 15.4. The van der Waals surface area contributed by atoms with E-state index in [4.69, 9.17) is 9.72 Å². The van der Waals surface area contributed by atoms with Gasteiger partial charge in [-0.2, -0.15) is 0 Å². The first-order valence-corrected chi connectivity index (χ1v) is 11.7. The number of likely N-dealkylation sites (tertiary alicyclic amines) is 1. The Labute approximate surface area is 191 Å². The number of rotatable bonds is 5. The van der Waals surface area contributed by atoms with Crippen molar-refractivity contribution in [1.29, 1.82) is 0 Å². The number of nitrogens with one attached hydrogen (secondary N) is 1. The topological polar surface area (TPSA) is 70.6 Å². The third kappa shape index (κ3) is 5.27. The maximum absolute atomic E-state index is 13.2. The molecule has 0 saturated carbocycles. The van der Waals surface area contributed by atoms with Gasteiger partial charge in [0, 0.05) is 36.1 Å². The molecule has 7 heteroatoms. The number of carbonyl (C=O) groups excluding carboxylic acids is 1. The van der Waals surface area contributed by atoms with E-state index in [0.29, 0.717) is 25.7 Å². The smallest absolute Gasteiger partial charge is 0.225 e. The molecule has 2 fully saturated rings. The number of nitrogens with zero attached hydrogens (tertiary/aromatic N) is 4. The summed E-state index contributed by atoms with van der Waals surface area (Å²) in [7, 11) is 0. The van der Waals surface area contributed by atoms with E-state index in [1.807, 2.05) is 43.0 Å². The number of amides is 1. The number of ether oxygens (including phenoxy) is 1. The van der Waals surface area contributed by atoms with Gasteiger partial charge in [-0.15, -0.1) is 0 Å². The van der Waals surface area contributed by atoms with Crippen molar-refractivity contribution in [1.82, 2.24) is 19.8 Å². The van der Waals surface area contributed by atoms with Gasteiger partial charge in [0.2, 0.25) is 5.91 Å². The Hall–Kier alpha value is -2.51. The zero-order valence-electron chi connectivity index (χ0n) is 19.7. The van der Waals surface area contributed by atoms with Gasteiger partial charge < -0.3 is 19.9 Å². The van der Waals surface area contributed by atoms with E-state index in [2.05, 4.69) is 29.0 Å². The molecule has 1 atom stereocenters. The third-order valence-corrected chi connectivity index (χ3v) is 6.56. The highest BCUT2D eigenvalue weighted by molar-refractivity contribution is 5.79. The molecule has 4 heterocycles. The largest absolute Gasteiger partial charge is 0.368 e. The van der Waals surface area contributed by atoms with Crippen molar-refractivity contribution in [2.24, 2.45) is 5.92 Å². The zero-order valence-corrected chi connectivity index (χ0v) is 19.7. The van der Waals surface area contributed by atoms with Crippen molar-refractivity contribution >= 4 is 17.4 Å². The van der Waals surface area contributed by atoms with Crippen LogP contribution in [0, 0.1) is 19.8 Å². The lowest BCUT2D eigenvalue weighted by Gasteiger charge is -2.38. The molecule has 1 amide bonds. The van der Waals surface area contributed by atoms with Crippen LogP contribution in [0.4, 0.5) is 11.5 Å². The minimum Gasteiger partial charge on any atom is -0.368 e. The minimum atomic E-state index is -0.214. The van der Waals surface area contributed by atoms with E-state index < -0.39 is 0 Å². The number of aryl methyl sites for hydroxylation is 2. The van der Waals surface area contributed by atoms with E-state index in [-0.39, 0.29) is 17.9 Å². The molecule has 0 spiro atoms. The summed E-state index contributed by atoms with van der Waals surface area (Å²) < 4.78 is 6.06. The molecule has 7 nitrogen and oxygen atoms in total. The van der Waals surface area contributed by atoms with Crippen LogP contribution >= 0.6 is 0 Å². The van der Waals surface area contributed by atoms with Gasteiger partial charge in [0.05, 0.1) is 18.8 Å². The van der Waals surface area contributed by atoms with Crippen LogP contribution in [0.1, 0.15) is 49.7 Å². The third-order valence-electron chi connectivity index (χ3n) is 6.56. The molecular formula is C25H35N5O2. The van der Waals surface area contributed by atoms with Crippen LogP contribution in [0.15, 0.2) is 30.5 Å². The molecule has 0 bridgehead atoms. The molecule has 172 valence electrons. The summed E-state index contributed by atoms with van der Waals surface area (Å²) in [6.07, 6.45) is 3.45. The summed E-state index contributed by atoms with van der Waals surface area (Å²) in [6, 6.07) is 8.53. The molecule has 2 aliphatic heterocycles. The summed E-state index contributed by atoms with van der Waals surface area (Å²) in [6.45, 7) is 12.2. The predicted molar refractivity (Wildman–Crippen MR) is 126 cm³/mol. The van der Waals surface area contributed by atoms with Crippen LogP contribution in [-0.4, -0.2) is 64.5 Å². The molecule has 2 aliphatic rings. The number of piperidine rings is 1. The normalized spacial score (nSPS) is 20.5. The second-order valence-electron chi connectivity index (χ2n) is 9.26. The Morgan fingerprint density at radius 3 is 2.69 bits per heavy atom. The van der Waals surface area contributed by atoms with Crippen molar-refractivity contribution in [3.63, 3.8) is 0 Å². The zero-order chi connectivity index (χ0) is 22.7. The summed E-state index contributed by atoms with van der Waals surface area (Å²) in [4.78, 5) is 26.8. The standard InChI is InChI=1S/C25H35N5O2/c1-17(2)29-10-7-20(8-11-29)25(31)30-12-13-32-23(16-30)22-15-21(14-19(4)27-22)28-24-18(3)6-5-9-26-24/h5-6,9,14-15,17,20,23H,7-8,10-13,16H2,1-4H3,(H,26,27,28)/t23-/m1/s1. The first kappa shape index (κ1) is 22.7. The minimum absolute atomic E-state index is 0.124. The van der Waals surface area contributed by atoms with Gasteiger partial charge in [-0.1, -0.05) is 6.07 Å². The van der Waals surface area contributed by atoms with Crippen LogP contribution in [0.5, 0.6) is 0 Å². The van der Waals surface area contributed by atoms with Crippen molar-refractivity contribution in [2.45, 2.75) is 52.7 Å². The van der Waals surface area contributed by atoms with E-state index in [1.54, 1.807) is 6.20 Å². The number of pyridine rings is 2. The van der Waals surface area contributed by atoms with E-state index in [0.717, 1.165) is 54.4 Å². The quantitative estimate of drug-likeness (QED) is 0.766.